The van der Waals surface area contributed by atoms with Crippen LogP contribution in [0.1, 0.15) is 12.8 Å². The van der Waals surface area contributed by atoms with Crippen molar-refractivity contribution >= 4 is 39.8 Å². The highest BCUT2D eigenvalue weighted by molar-refractivity contribution is 7.91. The van der Waals surface area contributed by atoms with Crippen molar-refractivity contribution in [3.8, 4) is 0 Å². The molecule has 0 bridgehead atoms. The van der Waals surface area contributed by atoms with Gasteiger partial charge in [-0.1, -0.05) is 11.2 Å². The summed E-state index contributed by atoms with van der Waals surface area (Å²) in [7, 11) is 0. The van der Waals surface area contributed by atoms with Gasteiger partial charge in [-0.05, 0) is 12.8 Å². The second-order valence-electron chi connectivity index (χ2n) is 7.20. The Morgan fingerprint density at radius 2 is 1.83 bits per heavy atom. The molecule has 2 saturated heterocycles. The van der Waals surface area contributed by atoms with E-state index in [9.17, 15) is 4.55 Å². The van der Waals surface area contributed by atoms with Crippen LogP contribution < -0.4 is 20.4 Å². The van der Waals surface area contributed by atoms with Crippen molar-refractivity contribution in [2.45, 2.75) is 12.8 Å². The van der Waals surface area contributed by atoms with E-state index >= 15 is 0 Å². The lowest BCUT2D eigenvalue weighted by atomic mass is 10.3. The first kappa shape index (κ1) is 20.3. The van der Waals surface area contributed by atoms with E-state index in [2.05, 4.69) is 30.4 Å². The first-order valence-electron chi connectivity index (χ1n) is 10.2. The molecule has 2 aliphatic rings. The van der Waals surface area contributed by atoms with Crippen LogP contribution in [0.2, 0.25) is 0 Å². The summed E-state index contributed by atoms with van der Waals surface area (Å²) in [5, 5.41) is 15.7. The first-order valence-corrected chi connectivity index (χ1v) is 11.7. The fourth-order valence-corrected chi connectivity index (χ4v) is 4.62. The fraction of sp³-hybridized carbons (Fsp3) is 0.667. The van der Waals surface area contributed by atoms with Crippen molar-refractivity contribution < 1.29 is 9.66 Å². The lowest BCUT2D eigenvalue weighted by Gasteiger charge is -2.32. The Kier molecular flexibility index (Phi) is 6.80. The Morgan fingerprint density at radius 3 is 2.59 bits per heavy atom. The molecule has 10 nitrogen and oxygen atoms in total. The summed E-state index contributed by atoms with van der Waals surface area (Å²) < 4.78 is 11.8. The Bertz CT molecular complexity index is 812. The number of hydrogen-bond donors (Lipinski definition) is 3. The van der Waals surface area contributed by atoms with Gasteiger partial charge in [0, 0.05) is 39.3 Å². The molecule has 0 saturated carbocycles. The predicted molar refractivity (Wildman–Crippen MR) is 115 cm³/mol. The van der Waals surface area contributed by atoms with E-state index in [1.807, 2.05) is 0 Å². The summed E-state index contributed by atoms with van der Waals surface area (Å²) in [4.78, 5) is 23.0. The standard InChI is InChI=1S/C18H28N8O2S/c27-10-2-1-3-20-16-14-15(21-13-22-16)17(25-8-11-29(28)12-9-25)24-18(23-14)26-6-4-19-5-7-26/h13,19,27H,1-12H2,(H,20,21,22). The highest BCUT2D eigenvalue weighted by Crippen LogP contribution is 2.29. The van der Waals surface area contributed by atoms with E-state index in [0.717, 1.165) is 50.4 Å². The molecule has 11 heteroatoms. The molecule has 158 valence electrons. The van der Waals surface area contributed by atoms with Crippen LogP contribution in [0.25, 0.3) is 11.0 Å². The van der Waals surface area contributed by atoms with Gasteiger partial charge >= 0.3 is 0 Å². The number of aliphatic hydroxyl groups excluding tert-OH is 1. The molecule has 0 atom stereocenters. The Hall–Kier alpha value is -1.95. The van der Waals surface area contributed by atoms with E-state index in [1.54, 1.807) is 0 Å². The van der Waals surface area contributed by atoms with E-state index < -0.39 is 11.2 Å². The highest BCUT2D eigenvalue weighted by atomic mass is 32.2. The minimum atomic E-state index is -0.758. The summed E-state index contributed by atoms with van der Waals surface area (Å²) in [6.07, 6.45) is 3.13. The van der Waals surface area contributed by atoms with Crippen LogP contribution in [-0.2, 0) is 11.2 Å². The number of piperazine rings is 1. The van der Waals surface area contributed by atoms with Gasteiger partial charge in [0.05, 0.1) is 13.1 Å². The Labute approximate surface area is 173 Å². The molecule has 2 aromatic rings. The largest absolute Gasteiger partial charge is 0.616 e. The third-order valence-corrected chi connectivity index (χ3v) is 6.48. The number of rotatable bonds is 7. The van der Waals surface area contributed by atoms with Gasteiger partial charge in [-0.25, -0.2) is 15.0 Å². The molecule has 0 unspecified atom stereocenters. The summed E-state index contributed by atoms with van der Waals surface area (Å²) >= 11 is -0.758. The SMILES string of the molecule is [O-][S+]1CCN(c2nc(N3CCNCC3)nc3c(NCCCCO)ncnc23)CC1. The molecular formula is C18H28N8O2S. The second-order valence-corrected chi connectivity index (χ2v) is 8.89. The monoisotopic (exact) mass is 420 g/mol. The Morgan fingerprint density at radius 1 is 1.03 bits per heavy atom. The number of unbranched alkanes of at least 4 members (excludes halogenated alkanes) is 1. The molecule has 0 spiro atoms. The fourth-order valence-electron chi connectivity index (χ4n) is 3.57. The third kappa shape index (κ3) is 4.80. The van der Waals surface area contributed by atoms with Crippen LogP contribution in [0.4, 0.5) is 17.6 Å². The molecule has 2 aromatic heterocycles. The number of aliphatic hydroxyl groups is 1. The number of aromatic nitrogens is 4. The summed E-state index contributed by atoms with van der Waals surface area (Å²) in [6.45, 7) is 5.78. The van der Waals surface area contributed by atoms with Crippen LogP contribution in [0, 0.1) is 0 Å². The quantitative estimate of drug-likeness (QED) is 0.402. The van der Waals surface area contributed by atoms with E-state index in [4.69, 9.17) is 15.1 Å². The van der Waals surface area contributed by atoms with Gasteiger partial charge < -0.3 is 30.1 Å². The summed E-state index contributed by atoms with van der Waals surface area (Å²) in [5.41, 5.74) is 1.43. The van der Waals surface area contributed by atoms with Crippen LogP contribution in [-0.4, -0.2) is 93.5 Å². The van der Waals surface area contributed by atoms with E-state index in [-0.39, 0.29) is 6.61 Å². The zero-order valence-electron chi connectivity index (χ0n) is 16.5. The van der Waals surface area contributed by atoms with E-state index in [0.29, 0.717) is 48.4 Å². The molecule has 2 aliphatic heterocycles. The minimum absolute atomic E-state index is 0.183. The maximum absolute atomic E-state index is 11.8. The van der Waals surface area contributed by atoms with Gasteiger partial charge in [-0.15, -0.1) is 0 Å². The van der Waals surface area contributed by atoms with Crippen molar-refractivity contribution in [1.29, 1.82) is 0 Å². The van der Waals surface area contributed by atoms with Crippen molar-refractivity contribution in [1.82, 2.24) is 25.3 Å². The average Bonchev–Trinajstić information content (AvgIpc) is 2.77. The normalized spacial score (nSPS) is 18.4. The summed E-state index contributed by atoms with van der Waals surface area (Å²) in [5.74, 6) is 3.46. The average molecular weight is 421 g/mol. The lowest BCUT2D eigenvalue weighted by molar-refractivity contribution is 0.286. The number of hydrogen-bond acceptors (Lipinski definition) is 10. The Balaban J connectivity index is 1.71. The van der Waals surface area contributed by atoms with Crippen LogP contribution in [0.3, 0.4) is 0 Å². The molecule has 3 N–H and O–H groups in total. The van der Waals surface area contributed by atoms with Gasteiger partial charge in [-0.2, -0.15) is 4.98 Å². The van der Waals surface area contributed by atoms with Crippen molar-refractivity contribution in [2.24, 2.45) is 0 Å². The molecule has 0 amide bonds. The molecule has 4 heterocycles. The number of nitrogens with zero attached hydrogens (tertiary/aromatic N) is 6. The van der Waals surface area contributed by atoms with Gasteiger partial charge in [0.2, 0.25) is 5.95 Å². The van der Waals surface area contributed by atoms with E-state index in [1.165, 1.54) is 6.33 Å². The molecular weight excluding hydrogens is 392 g/mol. The molecule has 0 aromatic carbocycles. The number of nitrogens with one attached hydrogen (secondary N) is 2. The zero-order valence-corrected chi connectivity index (χ0v) is 17.3. The smallest absolute Gasteiger partial charge is 0.228 e. The molecule has 2 fully saturated rings. The van der Waals surface area contributed by atoms with Gasteiger partial charge in [0.25, 0.3) is 0 Å². The molecule has 4 rings (SSSR count). The maximum atomic E-state index is 11.8. The summed E-state index contributed by atoms with van der Waals surface area (Å²) in [6, 6.07) is 0. The minimum Gasteiger partial charge on any atom is -0.616 e. The third-order valence-electron chi connectivity index (χ3n) is 5.21. The second kappa shape index (κ2) is 9.70. The van der Waals surface area contributed by atoms with Crippen molar-refractivity contribution in [3.05, 3.63) is 6.33 Å². The highest BCUT2D eigenvalue weighted by Gasteiger charge is 2.26. The van der Waals surface area contributed by atoms with Gasteiger partial charge in [0.1, 0.15) is 28.9 Å². The number of anilines is 3. The molecule has 0 radical (unpaired) electrons. The first-order chi connectivity index (χ1) is 14.3. The lowest BCUT2D eigenvalue weighted by Crippen LogP contribution is -2.45. The van der Waals surface area contributed by atoms with Crippen LogP contribution in [0.15, 0.2) is 6.33 Å². The molecule has 0 aliphatic carbocycles. The van der Waals surface area contributed by atoms with Crippen LogP contribution >= 0.6 is 0 Å². The number of fused-ring (bicyclic) bond motifs is 1. The van der Waals surface area contributed by atoms with Crippen molar-refractivity contribution in [2.75, 3.05) is 79.0 Å². The predicted octanol–water partition coefficient (Wildman–Crippen LogP) is -0.417. The topological polar surface area (TPSA) is 125 Å². The molecule has 29 heavy (non-hydrogen) atoms. The maximum Gasteiger partial charge on any atom is 0.228 e. The zero-order chi connectivity index (χ0) is 20.1. The van der Waals surface area contributed by atoms with Gasteiger partial charge in [-0.3, -0.25) is 0 Å². The van der Waals surface area contributed by atoms with Crippen LogP contribution in [0.5, 0.6) is 0 Å². The van der Waals surface area contributed by atoms with Gasteiger partial charge in [0.15, 0.2) is 11.6 Å². The van der Waals surface area contributed by atoms with Crippen molar-refractivity contribution in [3.63, 3.8) is 0 Å².